The van der Waals surface area contributed by atoms with Gasteiger partial charge in [-0.25, -0.2) is 4.79 Å². The Bertz CT molecular complexity index is 751. The second-order valence-corrected chi connectivity index (χ2v) is 6.44. The van der Waals surface area contributed by atoms with Crippen LogP contribution in [0.15, 0.2) is 54.6 Å². The van der Waals surface area contributed by atoms with E-state index in [4.69, 9.17) is 10.5 Å². The van der Waals surface area contributed by atoms with Crippen LogP contribution in [0.3, 0.4) is 0 Å². The summed E-state index contributed by atoms with van der Waals surface area (Å²) in [5, 5.41) is 0. The van der Waals surface area contributed by atoms with Crippen LogP contribution in [0.1, 0.15) is 42.3 Å². The molecule has 0 aliphatic rings. The Kier molecular flexibility index (Phi) is 5.19. The summed E-state index contributed by atoms with van der Waals surface area (Å²) in [6, 6.07) is 13.8. The van der Waals surface area contributed by atoms with Crippen molar-refractivity contribution in [2.45, 2.75) is 26.4 Å². The quantitative estimate of drug-likeness (QED) is 0.401. The molecule has 0 heterocycles. The first kappa shape index (κ1) is 17.5. The van der Waals surface area contributed by atoms with E-state index in [2.05, 4.69) is 0 Å². The number of benzene rings is 2. The predicted octanol–water partition coefficient (Wildman–Crippen LogP) is 3.85. The maximum atomic E-state index is 12.4. The molecule has 0 aliphatic carbocycles. The molecule has 0 bridgehead atoms. The molecule has 0 amide bonds. The van der Waals surface area contributed by atoms with Crippen LogP contribution in [-0.2, 0) is 9.53 Å². The molecule has 0 unspecified atom stereocenters. The first-order chi connectivity index (χ1) is 11.2. The first-order valence-corrected chi connectivity index (χ1v) is 7.66. The number of hydrogen-bond acceptors (Lipinski definition) is 4. The minimum atomic E-state index is -0.517. The van der Waals surface area contributed by atoms with Crippen molar-refractivity contribution in [2.24, 2.45) is 0 Å². The van der Waals surface area contributed by atoms with Crippen LogP contribution in [0.5, 0.6) is 0 Å². The second-order valence-electron chi connectivity index (χ2n) is 6.44. The average Bonchev–Trinajstić information content (AvgIpc) is 2.52. The summed E-state index contributed by atoms with van der Waals surface area (Å²) >= 11 is 0. The number of anilines is 1. The van der Waals surface area contributed by atoms with Gasteiger partial charge in [-0.15, -0.1) is 0 Å². The third-order valence-corrected chi connectivity index (χ3v) is 3.16. The smallest absolute Gasteiger partial charge is 0.331 e. The van der Waals surface area contributed by atoms with Crippen molar-refractivity contribution in [3.05, 3.63) is 71.3 Å². The van der Waals surface area contributed by atoms with Crippen molar-refractivity contribution >= 4 is 23.5 Å². The third-order valence-electron chi connectivity index (χ3n) is 3.16. The van der Waals surface area contributed by atoms with Crippen LogP contribution in [0.25, 0.3) is 6.08 Å². The minimum absolute atomic E-state index is 0.0716. The number of nitrogens with two attached hydrogens (primary N) is 1. The lowest BCUT2D eigenvalue weighted by atomic mass is 10.0. The van der Waals surface area contributed by atoms with Crippen LogP contribution in [0, 0.1) is 0 Å². The van der Waals surface area contributed by atoms with Crippen molar-refractivity contribution in [3.63, 3.8) is 0 Å². The topological polar surface area (TPSA) is 69.4 Å². The number of rotatable bonds is 4. The van der Waals surface area contributed by atoms with E-state index in [0.717, 1.165) is 5.56 Å². The molecule has 4 heteroatoms. The summed E-state index contributed by atoms with van der Waals surface area (Å²) in [6.45, 7) is 5.45. The molecule has 2 aromatic carbocycles. The van der Waals surface area contributed by atoms with Gasteiger partial charge in [0.2, 0.25) is 0 Å². The van der Waals surface area contributed by atoms with Gasteiger partial charge in [0.25, 0.3) is 0 Å². The Balaban J connectivity index is 2.06. The van der Waals surface area contributed by atoms with Crippen LogP contribution < -0.4 is 5.73 Å². The molecule has 0 aliphatic heterocycles. The summed E-state index contributed by atoms with van der Waals surface area (Å²) in [5.74, 6) is -0.470. The lowest BCUT2D eigenvalue weighted by Crippen LogP contribution is -2.22. The Morgan fingerprint density at radius 2 is 1.42 bits per heavy atom. The highest BCUT2D eigenvalue weighted by Gasteiger charge is 2.14. The molecule has 0 spiro atoms. The molecular weight excluding hydrogens is 302 g/mol. The fourth-order valence-electron chi connectivity index (χ4n) is 2.05. The predicted molar refractivity (Wildman–Crippen MR) is 95.6 cm³/mol. The van der Waals surface area contributed by atoms with Gasteiger partial charge >= 0.3 is 5.97 Å². The fraction of sp³-hybridized carbons (Fsp3) is 0.200. The van der Waals surface area contributed by atoms with E-state index in [0.29, 0.717) is 16.8 Å². The van der Waals surface area contributed by atoms with Crippen molar-refractivity contribution in [1.29, 1.82) is 0 Å². The van der Waals surface area contributed by atoms with Gasteiger partial charge < -0.3 is 10.5 Å². The van der Waals surface area contributed by atoms with Gasteiger partial charge in [-0.05, 0) is 56.7 Å². The van der Waals surface area contributed by atoms with Gasteiger partial charge in [-0.1, -0.05) is 24.3 Å². The molecule has 0 saturated carbocycles. The number of hydrogen-bond donors (Lipinski definition) is 1. The summed E-state index contributed by atoms with van der Waals surface area (Å²) < 4.78 is 5.20. The highest BCUT2D eigenvalue weighted by Crippen LogP contribution is 2.14. The Hall–Kier alpha value is -2.88. The average molecular weight is 323 g/mol. The number of carbonyl (C=O) groups is 2. The van der Waals surface area contributed by atoms with E-state index in [9.17, 15) is 9.59 Å². The Morgan fingerprint density at radius 3 is 1.92 bits per heavy atom. The van der Waals surface area contributed by atoms with Gasteiger partial charge in [-0.2, -0.15) is 0 Å². The van der Waals surface area contributed by atoms with Crippen molar-refractivity contribution in [2.75, 3.05) is 5.73 Å². The summed E-state index contributed by atoms with van der Waals surface area (Å²) in [5.41, 5.74) is 7.70. The highest BCUT2D eigenvalue weighted by molar-refractivity contribution is 6.09. The van der Waals surface area contributed by atoms with Crippen molar-refractivity contribution in [3.8, 4) is 0 Å². The van der Waals surface area contributed by atoms with Crippen LogP contribution in [0.2, 0.25) is 0 Å². The number of ether oxygens (including phenoxy) is 1. The maximum Gasteiger partial charge on any atom is 0.331 e. The largest absolute Gasteiger partial charge is 0.457 e. The van der Waals surface area contributed by atoms with Gasteiger partial charge in [0.1, 0.15) is 5.60 Å². The van der Waals surface area contributed by atoms with E-state index in [1.165, 1.54) is 6.08 Å². The Morgan fingerprint density at radius 1 is 0.917 bits per heavy atom. The summed E-state index contributed by atoms with van der Waals surface area (Å²) in [6.07, 6.45) is 3.04. The zero-order valence-corrected chi connectivity index (χ0v) is 14.1. The third kappa shape index (κ3) is 5.09. The summed E-state index contributed by atoms with van der Waals surface area (Å²) in [7, 11) is 0. The number of carbonyl (C=O) groups excluding carboxylic acids is 2. The van der Waals surface area contributed by atoms with Crippen LogP contribution in [-0.4, -0.2) is 17.4 Å². The minimum Gasteiger partial charge on any atom is -0.457 e. The fourth-order valence-corrected chi connectivity index (χ4v) is 2.05. The molecule has 0 radical (unpaired) electrons. The second kappa shape index (κ2) is 7.13. The van der Waals surface area contributed by atoms with Crippen LogP contribution >= 0.6 is 0 Å². The van der Waals surface area contributed by atoms with Gasteiger partial charge in [0.05, 0.1) is 0 Å². The molecular formula is C20H21NO3. The lowest BCUT2D eigenvalue weighted by molar-refractivity contribution is -0.148. The lowest BCUT2D eigenvalue weighted by Gasteiger charge is -2.17. The number of esters is 1. The monoisotopic (exact) mass is 323 g/mol. The normalized spacial score (nSPS) is 11.5. The molecule has 0 saturated heterocycles. The number of nitrogen functional groups attached to an aromatic ring is 1. The van der Waals surface area contributed by atoms with E-state index >= 15 is 0 Å². The standard InChI is InChI=1S/C20H21NO3/c1-20(2,3)24-18(22)13-6-14-4-7-15(8-5-14)19(23)16-9-11-17(21)12-10-16/h4-13H,21H2,1-3H3. The highest BCUT2D eigenvalue weighted by atomic mass is 16.6. The molecule has 124 valence electrons. The molecule has 0 atom stereocenters. The Labute approximate surface area is 141 Å². The van der Waals surface area contributed by atoms with E-state index < -0.39 is 11.6 Å². The molecule has 4 nitrogen and oxygen atoms in total. The zero-order valence-electron chi connectivity index (χ0n) is 14.1. The van der Waals surface area contributed by atoms with Gasteiger partial charge in [0.15, 0.2) is 5.78 Å². The van der Waals surface area contributed by atoms with Gasteiger partial charge in [0, 0.05) is 22.9 Å². The first-order valence-electron chi connectivity index (χ1n) is 7.66. The van der Waals surface area contributed by atoms with E-state index in [1.807, 2.05) is 20.8 Å². The SMILES string of the molecule is CC(C)(C)OC(=O)C=Cc1ccc(C(=O)c2ccc(N)cc2)cc1. The summed E-state index contributed by atoms with van der Waals surface area (Å²) in [4.78, 5) is 24.0. The van der Waals surface area contributed by atoms with E-state index in [1.54, 1.807) is 54.6 Å². The zero-order chi connectivity index (χ0) is 17.7. The number of ketones is 1. The van der Waals surface area contributed by atoms with E-state index in [-0.39, 0.29) is 5.78 Å². The molecule has 2 aromatic rings. The maximum absolute atomic E-state index is 12.4. The molecule has 24 heavy (non-hydrogen) atoms. The van der Waals surface area contributed by atoms with Crippen LogP contribution in [0.4, 0.5) is 5.69 Å². The van der Waals surface area contributed by atoms with Crippen molar-refractivity contribution < 1.29 is 14.3 Å². The molecule has 2 rings (SSSR count). The van der Waals surface area contributed by atoms with Crippen molar-refractivity contribution in [1.82, 2.24) is 0 Å². The van der Waals surface area contributed by atoms with Gasteiger partial charge in [-0.3, -0.25) is 4.79 Å². The molecule has 0 aromatic heterocycles. The molecule has 0 fully saturated rings. The molecule has 2 N–H and O–H groups in total.